The first-order valence-corrected chi connectivity index (χ1v) is 9.51. The summed E-state index contributed by atoms with van der Waals surface area (Å²) >= 11 is 0. The quantitative estimate of drug-likeness (QED) is 0.853. The minimum atomic E-state index is 0.706. The molecule has 1 saturated heterocycles. The molecular weight excluding hydrogens is 320 g/mol. The van der Waals surface area contributed by atoms with Crippen molar-refractivity contribution in [2.24, 2.45) is 5.92 Å². The number of benzene rings is 2. The molecule has 4 heteroatoms. The lowest BCUT2D eigenvalue weighted by Crippen LogP contribution is -2.35. The van der Waals surface area contributed by atoms with Gasteiger partial charge >= 0.3 is 0 Å². The van der Waals surface area contributed by atoms with Crippen LogP contribution in [0, 0.1) is 17.4 Å². The van der Waals surface area contributed by atoms with Crippen LogP contribution >= 0.6 is 0 Å². The summed E-state index contributed by atoms with van der Waals surface area (Å²) in [5.74, 6) is 0.706. The molecule has 0 aromatic heterocycles. The molecule has 0 saturated carbocycles. The van der Waals surface area contributed by atoms with E-state index in [1.165, 1.54) is 53.9 Å². The first-order chi connectivity index (χ1) is 12.7. The van der Waals surface area contributed by atoms with E-state index in [1.54, 1.807) is 0 Å². The summed E-state index contributed by atoms with van der Waals surface area (Å²) in [6, 6.07) is 15.0. The van der Waals surface area contributed by atoms with Crippen molar-refractivity contribution in [2.75, 3.05) is 32.0 Å². The van der Waals surface area contributed by atoms with Gasteiger partial charge in [-0.1, -0.05) is 30.3 Å². The predicted octanol–water partition coefficient (Wildman–Crippen LogP) is 3.90. The lowest BCUT2D eigenvalue weighted by molar-refractivity contribution is 0.217. The highest BCUT2D eigenvalue weighted by atomic mass is 15.1. The van der Waals surface area contributed by atoms with Gasteiger partial charge in [-0.3, -0.25) is 0 Å². The summed E-state index contributed by atoms with van der Waals surface area (Å²) in [6.07, 6.45) is 4.90. The van der Waals surface area contributed by atoms with Gasteiger partial charge in [0, 0.05) is 18.8 Å². The van der Waals surface area contributed by atoms with Crippen LogP contribution in [0.1, 0.15) is 24.0 Å². The number of hydrogen-bond acceptors (Lipinski definition) is 4. The van der Waals surface area contributed by atoms with Gasteiger partial charge < -0.3 is 15.1 Å². The van der Waals surface area contributed by atoms with E-state index in [0.29, 0.717) is 19.0 Å². The highest BCUT2D eigenvalue weighted by Gasteiger charge is 2.23. The second-order valence-corrected chi connectivity index (χ2v) is 7.63. The number of hydrogen-bond donors (Lipinski definition) is 1. The van der Waals surface area contributed by atoms with E-state index in [-0.39, 0.29) is 0 Å². The Kier molecular flexibility index (Phi) is 4.81. The van der Waals surface area contributed by atoms with Gasteiger partial charge in [0.05, 0.1) is 13.1 Å². The van der Waals surface area contributed by atoms with Gasteiger partial charge in [-0.15, -0.1) is 0 Å². The number of nitrogens with zero attached hydrogens (tertiary/aromatic N) is 3. The lowest BCUT2D eigenvalue weighted by Gasteiger charge is -2.30. The molecule has 2 aliphatic rings. The zero-order valence-corrected chi connectivity index (χ0v) is 15.4. The smallest absolute Gasteiger partial charge is 0.179 e. The largest absolute Gasteiger partial charge is 0.385 e. The number of piperidine rings is 1. The topological polar surface area (TPSA) is 42.3 Å². The van der Waals surface area contributed by atoms with Gasteiger partial charge in [0.25, 0.3) is 0 Å². The summed E-state index contributed by atoms with van der Waals surface area (Å²) in [5.41, 5.74) is 6.22. The molecule has 1 N–H and O–H groups in total. The summed E-state index contributed by atoms with van der Waals surface area (Å²) in [7, 11) is 2.21. The van der Waals surface area contributed by atoms with Crippen molar-refractivity contribution >= 4 is 5.69 Å². The SMILES string of the molecule is CN1CCCC(CNc2cc3c(c(-c4ccccc4)c2)CN(C#N)C3)C1. The second kappa shape index (κ2) is 7.39. The van der Waals surface area contributed by atoms with Gasteiger partial charge in [0.1, 0.15) is 0 Å². The van der Waals surface area contributed by atoms with Gasteiger partial charge in [0.15, 0.2) is 6.19 Å². The number of likely N-dealkylation sites (tertiary alicyclic amines) is 1. The molecule has 2 aromatic carbocycles. The zero-order chi connectivity index (χ0) is 17.9. The molecule has 0 amide bonds. The number of nitriles is 1. The molecular formula is C22H26N4. The van der Waals surface area contributed by atoms with Crippen LogP contribution in [0.15, 0.2) is 42.5 Å². The maximum Gasteiger partial charge on any atom is 0.179 e. The van der Waals surface area contributed by atoms with Crippen molar-refractivity contribution in [1.82, 2.24) is 9.80 Å². The van der Waals surface area contributed by atoms with E-state index < -0.39 is 0 Å². The Balaban J connectivity index is 1.59. The second-order valence-electron chi connectivity index (χ2n) is 7.63. The Morgan fingerprint density at radius 2 is 2.04 bits per heavy atom. The van der Waals surface area contributed by atoms with E-state index >= 15 is 0 Å². The van der Waals surface area contributed by atoms with Gasteiger partial charge in [-0.25, -0.2) is 0 Å². The lowest BCUT2D eigenvalue weighted by atomic mass is 9.95. The molecule has 0 spiro atoms. The monoisotopic (exact) mass is 346 g/mol. The van der Waals surface area contributed by atoms with E-state index in [0.717, 1.165) is 6.54 Å². The number of anilines is 1. The van der Waals surface area contributed by atoms with Crippen molar-refractivity contribution in [3.63, 3.8) is 0 Å². The van der Waals surface area contributed by atoms with Crippen LogP contribution in [0.5, 0.6) is 0 Å². The molecule has 1 atom stereocenters. The van der Waals surface area contributed by atoms with Crippen molar-refractivity contribution in [3.05, 3.63) is 53.6 Å². The average Bonchev–Trinajstić information content (AvgIpc) is 3.10. The van der Waals surface area contributed by atoms with Crippen molar-refractivity contribution < 1.29 is 0 Å². The van der Waals surface area contributed by atoms with Crippen LogP contribution in [0.4, 0.5) is 5.69 Å². The van der Waals surface area contributed by atoms with E-state index in [1.807, 2.05) is 11.0 Å². The number of rotatable bonds is 4. The van der Waals surface area contributed by atoms with Crippen LogP contribution in [-0.4, -0.2) is 36.5 Å². The summed E-state index contributed by atoms with van der Waals surface area (Å²) in [4.78, 5) is 4.26. The normalized spacial score (nSPS) is 19.8. The molecule has 26 heavy (non-hydrogen) atoms. The van der Waals surface area contributed by atoms with E-state index in [2.05, 4.69) is 59.9 Å². The van der Waals surface area contributed by atoms with Crippen LogP contribution in [0.3, 0.4) is 0 Å². The highest BCUT2D eigenvalue weighted by Crippen LogP contribution is 2.35. The van der Waals surface area contributed by atoms with Gasteiger partial charge in [-0.2, -0.15) is 5.26 Å². The van der Waals surface area contributed by atoms with Gasteiger partial charge in [0.2, 0.25) is 0 Å². The maximum absolute atomic E-state index is 9.32. The molecule has 1 unspecified atom stereocenters. The molecule has 0 radical (unpaired) electrons. The van der Waals surface area contributed by atoms with Crippen molar-refractivity contribution in [3.8, 4) is 17.3 Å². The fourth-order valence-corrected chi connectivity index (χ4v) is 4.26. The molecule has 1 fully saturated rings. The molecule has 2 heterocycles. The molecule has 4 rings (SSSR count). The van der Waals surface area contributed by atoms with Crippen LogP contribution in [-0.2, 0) is 13.1 Å². The van der Waals surface area contributed by atoms with Crippen LogP contribution in [0.25, 0.3) is 11.1 Å². The van der Waals surface area contributed by atoms with E-state index in [4.69, 9.17) is 0 Å². The molecule has 0 aliphatic carbocycles. The fraction of sp³-hybridized carbons (Fsp3) is 0.409. The molecule has 2 aliphatic heterocycles. The number of fused-ring (bicyclic) bond motifs is 1. The Bertz CT molecular complexity index is 809. The average molecular weight is 346 g/mol. The Labute approximate surface area is 156 Å². The zero-order valence-electron chi connectivity index (χ0n) is 15.4. The molecule has 4 nitrogen and oxygen atoms in total. The van der Waals surface area contributed by atoms with Crippen LogP contribution in [0.2, 0.25) is 0 Å². The first-order valence-electron chi connectivity index (χ1n) is 9.51. The minimum Gasteiger partial charge on any atom is -0.385 e. The van der Waals surface area contributed by atoms with Gasteiger partial charge in [-0.05, 0) is 66.7 Å². The summed E-state index contributed by atoms with van der Waals surface area (Å²) in [6.45, 7) is 4.83. The number of nitrogens with one attached hydrogen (secondary N) is 1. The van der Waals surface area contributed by atoms with Crippen molar-refractivity contribution in [1.29, 1.82) is 5.26 Å². The third kappa shape index (κ3) is 3.54. The summed E-state index contributed by atoms with van der Waals surface area (Å²) in [5, 5.41) is 13.0. The predicted molar refractivity (Wildman–Crippen MR) is 105 cm³/mol. The molecule has 2 aromatic rings. The maximum atomic E-state index is 9.32. The third-order valence-electron chi connectivity index (χ3n) is 5.60. The highest BCUT2D eigenvalue weighted by molar-refractivity contribution is 5.74. The minimum absolute atomic E-state index is 0.706. The fourth-order valence-electron chi connectivity index (χ4n) is 4.26. The Morgan fingerprint density at radius 1 is 1.19 bits per heavy atom. The van der Waals surface area contributed by atoms with E-state index in [9.17, 15) is 5.26 Å². The third-order valence-corrected chi connectivity index (χ3v) is 5.60. The summed E-state index contributed by atoms with van der Waals surface area (Å²) < 4.78 is 0. The Morgan fingerprint density at radius 3 is 2.81 bits per heavy atom. The van der Waals surface area contributed by atoms with Crippen molar-refractivity contribution in [2.45, 2.75) is 25.9 Å². The standard InChI is InChI=1S/C22H26N4/c1-25-9-5-6-17(13-25)12-24-20-10-19-14-26(16-23)15-22(19)21(11-20)18-7-3-2-4-8-18/h2-4,7-8,10-11,17,24H,5-6,9,12-15H2,1H3. The molecule has 134 valence electrons. The van der Waals surface area contributed by atoms with Crippen LogP contribution < -0.4 is 5.32 Å². The molecule has 0 bridgehead atoms. The first kappa shape index (κ1) is 16.9. The Hall–Kier alpha value is -2.51.